The van der Waals surface area contributed by atoms with E-state index in [1.807, 2.05) is 0 Å². The molecule has 2 aliphatic heterocycles. The van der Waals surface area contributed by atoms with Crippen LogP contribution in [0.25, 0.3) is 0 Å². The summed E-state index contributed by atoms with van der Waals surface area (Å²) in [5, 5.41) is 0. The van der Waals surface area contributed by atoms with Crippen LogP contribution >= 0.6 is 20.7 Å². The van der Waals surface area contributed by atoms with Crippen molar-refractivity contribution in [3.05, 3.63) is 22.6 Å². The molecule has 0 aromatic heterocycles. The summed E-state index contributed by atoms with van der Waals surface area (Å²) in [7, 11) is 0. The molecule has 0 saturated carbocycles. The topological polar surface area (TPSA) is 14.0 Å². The van der Waals surface area contributed by atoms with Crippen LogP contribution < -0.4 is 4.99 Å². The van der Waals surface area contributed by atoms with Gasteiger partial charge in [-0.25, -0.2) is 4.99 Å². The van der Waals surface area contributed by atoms with E-state index in [4.69, 9.17) is 0 Å². The molecule has 1 unspecified atom stereocenters. The molecule has 0 aliphatic carbocycles. The highest BCUT2D eigenvalue weighted by molar-refractivity contribution is 14.2. The van der Waals surface area contributed by atoms with Crippen molar-refractivity contribution in [2.24, 2.45) is 17.8 Å². The Bertz CT molecular complexity index is 502. The maximum atomic E-state index is 3.43. The van der Waals surface area contributed by atoms with Crippen LogP contribution in [0.2, 0.25) is 0 Å². The Morgan fingerprint density at radius 1 is 1.30 bits per heavy atom. The van der Waals surface area contributed by atoms with Crippen molar-refractivity contribution in [1.82, 2.24) is 0 Å². The van der Waals surface area contributed by atoms with E-state index in [2.05, 4.69) is 51.1 Å². The first kappa shape index (κ1) is 19.4. The largest absolute Gasteiger partial charge is 0.244 e. The number of fused-ring (bicyclic) bond motifs is 1. The number of halogens is 1. The second-order valence-corrected chi connectivity index (χ2v) is 11.4. The van der Waals surface area contributed by atoms with E-state index in [0.29, 0.717) is 0 Å². The SMILES string of the molecule is CCC[C@@H](C)CC(C[SH+]C1=C2C=CC[NH+]=CC2=ICC1)C(C)C. The third kappa shape index (κ3) is 6.15. The molecule has 3 heteroatoms. The average molecular weight is 447 g/mol. The van der Waals surface area contributed by atoms with Gasteiger partial charge in [0.25, 0.3) is 0 Å². The molecule has 0 bridgehead atoms. The van der Waals surface area contributed by atoms with Crippen LogP contribution in [-0.4, -0.2) is 26.4 Å². The minimum Gasteiger partial charge on any atom is -0.244 e. The minimum absolute atomic E-state index is 0.234. The van der Waals surface area contributed by atoms with Crippen molar-refractivity contribution in [3.8, 4) is 0 Å². The van der Waals surface area contributed by atoms with Crippen molar-refractivity contribution in [1.29, 1.82) is 0 Å². The van der Waals surface area contributed by atoms with Crippen LogP contribution in [0.15, 0.2) is 22.6 Å². The Kier molecular flexibility index (Phi) is 8.59. The number of alkyl halides is 1. The van der Waals surface area contributed by atoms with Crippen molar-refractivity contribution in [2.45, 2.75) is 53.4 Å². The lowest BCUT2D eigenvalue weighted by atomic mass is 9.87. The molecule has 1 nitrogen and oxygen atoms in total. The molecule has 0 aromatic carbocycles. The summed E-state index contributed by atoms with van der Waals surface area (Å²) in [5.41, 5.74) is 1.60. The van der Waals surface area contributed by atoms with Gasteiger partial charge in [-0.1, -0.05) is 40.5 Å². The second kappa shape index (κ2) is 10.2. The molecule has 0 radical (unpaired) electrons. The molecule has 2 aliphatic rings. The summed E-state index contributed by atoms with van der Waals surface area (Å²) >= 11 is 1.84. The first-order valence-corrected chi connectivity index (χ1v) is 12.9. The van der Waals surface area contributed by atoms with Crippen LogP contribution in [0.1, 0.15) is 53.4 Å². The molecular formula is C20H34INS+2. The Morgan fingerprint density at radius 2 is 2.13 bits per heavy atom. The van der Waals surface area contributed by atoms with E-state index < -0.39 is 0 Å². The van der Waals surface area contributed by atoms with E-state index in [9.17, 15) is 0 Å². The zero-order valence-corrected chi connectivity index (χ0v) is 18.3. The molecule has 23 heavy (non-hydrogen) atoms. The van der Waals surface area contributed by atoms with E-state index in [0.717, 1.165) is 24.3 Å². The lowest BCUT2D eigenvalue weighted by Gasteiger charge is -2.22. The predicted molar refractivity (Wildman–Crippen MR) is 117 cm³/mol. The molecule has 1 N–H and O–H groups in total. The average Bonchev–Trinajstić information content (AvgIpc) is 2.77. The molecule has 2 heterocycles. The minimum atomic E-state index is 0.234. The Balaban J connectivity index is 2.02. The number of thiol groups is 1. The fraction of sp³-hybridized carbons (Fsp3) is 0.700. The highest BCUT2D eigenvalue weighted by Gasteiger charge is 2.26. The lowest BCUT2D eigenvalue weighted by Crippen LogP contribution is -2.69. The fourth-order valence-electron chi connectivity index (χ4n) is 3.35. The normalized spacial score (nSPS) is 20.7. The third-order valence-corrected chi connectivity index (χ3v) is 9.12. The lowest BCUT2D eigenvalue weighted by molar-refractivity contribution is -0.436. The first-order valence-electron chi connectivity index (χ1n) is 9.22. The fourth-order valence-corrected chi connectivity index (χ4v) is 8.39. The van der Waals surface area contributed by atoms with Gasteiger partial charge >= 0.3 is 0 Å². The Labute approximate surface area is 157 Å². The van der Waals surface area contributed by atoms with E-state index >= 15 is 0 Å². The number of rotatable bonds is 8. The van der Waals surface area contributed by atoms with Crippen molar-refractivity contribution < 1.29 is 4.99 Å². The van der Waals surface area contributed by atoms with Gasteiger partial charge in [0.2, 0.25) is 0 Å². The van der Waals surface area contributed by atoms with E-state index in [-0.39, 0.29) is 20.7 Å². The highest BCUT2D eigenvalue weighted by atomic mass is 127. The molecule has 0 aromatic rings. The monoisotopic (exact) mass is 447 g/mol. The highest BCUT2D eigenvalue weighted by Crippen LogP contribution is 2.29. The third-order valence-electron chi connectivity index (χ3n) is 4.83. The zero-order chi connectivity index (χ0) is 16.7. The summed E-state index contributed by atoms with van der Waals surface area (Å²) in [4.78, 5) is 5.15. The summed E-state index contributed by atoms with van der Waals surface area (Å²) in [6, 6.07) is 0. The van der Waals surface area contributed by atoms with Gasteiger partial charge in [0.05, 0.1) is 3.51 Å². The summed E-state index contributed by atoms with van der Waals surface area (Å²) in [6.45, 7) is 10.6. The van der Waals surface area contributed by atoms with Crippen LogP contribution in [-0.2, 0) is 11.8 Å². The van der Waals surface area contributed by atoms with Gasteiger partial charge in [-0.05, 0) is 30.4 Å². The van der Waals surface area contributed by atoms with Gasteiger partial charge in [-0.3, -0.25) is 0 Å². The van der Waals surface area contributed by atoms with Crippen LogP contribution in [0.4, 0.5) is 0 Å². The Morgan fingerprint density at radius 3 is 2.87 bits per heavy atom. The van der Waals surface area contributed by atoms with Crippen LogP contribution in [0.3, 0.4) is 0 Å². The van der Waals surface area contributed by atoms with Gasteiger partial charge in [-0.2, -0.15) is 0 Å². The van der Waals surface area contributed by atoms with Gasteiger partial charge in [0.1, 0.15) is 10.7 Å². The van der Waals surface area contributed by atoms with Crippen molar-refractivity contribution >= 4 is 42.2 Å². The quantitative estimate of drug-likeness (QED) is 0.254. The Hall–Kier alpha value is 0.100. The summed E-state index contributed by atoms with van der Waals surface area (Å²) < 4.78 is 3.08. The second-order valence-electron chi connectivity index (χ2n) is 7.21. The molecule has 0 amide bonds. The van der Waals surface area contributed by atoms with Crippen molar-refractivity contribution in [3.63, 3.8) is 0 Å². The molecule has 0 spiro atoms. The summed E-state index contributed by atoms with van der Waals surface area (Å²) in [6.07, 6.45) is 12.5. The number of hydrogen-bond acceptors (Lipinski definition) is 0. The van der Waals surface area contributed by atoms with Gasteiger partial charge in [-0.15, -0.1) is 20.7 Å². The smallest absolute Gasteiger partial charge is 0.175 e. The molecule has 0 saturated heterocycles. The van der Waals surface area contributed by atoms with Gasteiger partial charge < -0.3 is 0 Å². The number of hydrogen-bond donors (Lipinski definition) is 1. The van der Waals surface area contributed by atoms with Gasteiger partial charge in [0, 0.05) is 34.1 Å². The zero-order valence-electron chi connectivity index (χ0n) is 15.2. The predicted octanol–water partition coefficient (Wildman–Crippen LogP) is 3.42. The first-order chi connectivity index (χ1) is 11.1. The van der Waals surface area contributed by atoms with Crippen LogP contribution in [0, 0.1) is 17.8 Å². The summed E-state index contributed by atoms with van der Waals surface area (Å²) in [5.74, 6) is 3.93. The standard InChI is InChI=1S/C20H32INS/c1-5-7-16(4)12-17(15(2)3)14-23-20-9-10-21-19-13-22-11-6-8-18(19)20/h6,8,13,15-17H,5,7,9-12,14H2,1-4H3/p+2/t16-,17?/m1/s1. The number of allylic oxidation sites excluding steroid dienone is 3. The molecule has 0 fully saturated rings. The van der Waals surface area contributed by atoms with Gasteiger partial charge in [0.15, 0.2) is 12.8 Å². The molecule has 130 valence electrons. The molecular weight excluding hydrogens is 413 g/mol. The molecule has 2 rings (SSSR count). The maximum absolute atomic E-state index is 3.43. The maximum Gasteiger partial charge on any atom is 0.175 e. The van der Waals surface area contributed by atoms with E-state index in [1.54, 1.807) is 25.7 Å². The van der Waals surface area contributed by atoms with Crippen molar-refractivity contribution in [2.75, 3.05) is 16.7 Å². The van der Waals surface area contributed by atoms with E-state index in [1.165, 1.54) is 35.9 Å². The molecule has 2 atom stereocenters. The number of nitrogens with one attached hydrogen (secondary N) is 1. The van der Waals surface area contributed by atoms with Crippen LogP contribution in [0.5, 0.6) is 0 Å².